The molecule has 3 rings (SSSR count). The fourth-order valence-electron chi connectivity index (χ4n) is 4.07. The molecule has 1 fully saturated rings. The molecule has 1 aliphatic heterocycles. The number of unbranched alkanes of at least 4 members (excludes halogenated alkanes) is 1. The number of rotatable bonds is 10. The van der Waals surface area contributed by atoms with E-state index in [9.17, 15) is 9.59 Å². The number of piperidine rings is 1. The zero-order chi connectivity index (χ0) is 23.5. The molecule has 1 aliphatic rings. The molecule has 2 aromatic carbocycles. The van der Waals surface area contributed by atoms with Crippen LogP contribution < -0.4 is 11.1 Å². The standard InChI is InChI=1S/C26H36N4O3/c1-29(17-8-7-16-27)25(31)15-20-30-18-13-22(14-19-30)33-26(32)28-24-12-6-5-11-23(24)21-9-3-2-4-10-21/h2-6,9-12,22H,7-8,13-20,27H2,1H3,(H,28,32). The van der Waals surface area contributed by atoms with Gasteiger partial charge in [0.2, 0.25) is 5.91 Å². The van der Waals surface area contributed by atoms with Crippen LogP contribution in [0.5, 0.6) is 0 Å². The molecule has 3 N–H and O–H groups in total. The van der Waals surface area contributed by atoms with Crippen LogP contribution in [0.25, 0.3) is 11.1 Å². The van der Waals surface area contributed by atoms with Crippen LogP contribution >= 0.6 is 0 Å². The van der Waals surface area contributed by atoms with Crippen molar-refractivity contribution in [2.45, 2.75) is 38.2 Å². The van der Waals surface area contributed by atoms with E-state index in [-0.39, 0.29) is 12.0 Å². The number of hydrogen-bond acceptors (Lipinski definition) is 5. The zero-order valence-corrected chi connectivity index (χ0v) is 19.5. The molecule has 0 bridgehead atoms. The van der Waals surface area contributed by atoms with Gasteiger partial charge in [0, 0.05) is 45.2 Å². The van der Waals surface area contributed by atoms with Gasteiger partial charge in [0.05, 0.1) is 5.69 Å². The summed E-state index contributed by atoms with van der Waals surface area (Å²) < 4.78 is 5.69. The predicted molar refractivity (Wildman–Crippen MR) is 132 cm³/mol. The Morgan fingerprint density at radius 2 is 1.76 bits per heavy atom. The van der Waals surface area contributed by atoms with Crippen LogP contribution in [0.1, 0.15) is 32.1 Å². The summed E-state index contributed by atoms with van der Waals surface area (Å²) in [5.74, 6) is 0.168. The first-order chi connectivity index (χ1) is 16.1. The Morgan fingerprint density at radius 3 is 2.48 bits per heavy atom. The summed E-state index contributed by atoms with van der Waals surface area (Å²) in [5.41, 5.74) is 8.25. The number of anilines is 1. The third-order valence-corrected chi connectivity index (χ3v) is 6.07. The van der Waals surface area contributed by atoms with E-state index in [1.807, 2.05) is 61.6 Å². The number of nitrogens with zero attached hydrogens (tertiary/aromatic N) is 2. The maximum atomic E-state index is 12.5. The normalized spacial score (nSPS) is 14.6. The minimum atomic E-state index is -0.425. The topological polar surface area (TPSA) is 87.9 Å². The predicted octanol–water partition coefficient (Wildman–Crippen LogP) is 3.95. The first kappa shape index (κ1) is 24.7. The Morgan fingerprint density at radius 1 is 1.06 bits per heavy atom. The van der Waals surface area contributed by atoms with Crippen molar-refractivity contribution >= 4 is 17.7 Å². The van der Waals surface area contributed by atoms with Crippen molar-refractivity contribution in [2.24, 2.45) is 5.73 Å². The van der Waals surface area contributed by atoms with Crippen molar-refractivity contribution in [3.05, 3.63) is 54.6 Å². The number of likely N-dealkylation sites (tertiary alicyclic amines) is 1. The highest BCUT2D eigenvalue weighted by Gasteiger charge is 2.23. The van der Waals surface area contributed by atoms with E-state index < -0.39 is 6.09 Å². The largest absolute Gasteiger partial charge is 0.446 e. The second-order valence-electron chi connectivity index (χ2n) is 8.54. The van der Waals surface area contributed by atoms with Crippen LogP contribution in [-0.2, 0) is 9.53 Å². The molecule has 7 nitrogen and oxygen atoms in total. The molecule has 178 valence electrons. The molecule has 0 saturated carbocycles. The Balaban J connectivity index is 1.40. The minimum absolute atomic E-state index is 0.111. The number of carbonyl (C=O) groups is 2. The molecule has 2 aromatic rings. The van der Waals surface area contributed by atoms with Gasteiger partial charge in [-0.25, -0.2) is 4.79 Å². The summed E-state index contributed by atoms with van der Waals surface area (Å²) in [4.78, 5) is 28.9. The Labute approximate surface area is 196 Å². The van der Waals surface area contributed by atoms with Gasteiger partial charge in [-0.15, -0.1) is 0 Å². The molecule has 7 heteroatoms. The van der Waals surface area contributed by atoms with Gasteiger partial charge in [0.1, 0.15) is 6.10 Å². The van der Waals surface area contributed by atoms with Crippen LogP contribution in [0.3, 0.4) is 0 Å². The highest BCUT2D eigenvalue weighted by Crippen LogP contribution is 2.28. The van der Waals surface area contributed by atoms with Crippen LogP contribution in [0.2, 0.25) is 0 Å². The summed E-state index contributed by atoms with van der Waals surface area (Å²) >= 11 is 0. The van der Waals surface area contributed by atoms with E-state index in [1.165, 1.54) is 0 Å². The lowest BCUT2D eigenvalue weighted by atomic mass is 10.0. The molecule has 0 aromatic heterocycles. The third kappa shape index (κ3) is 7.87. The van der Waals surface area contributed by atoms with Crippen LogP contribution in [0.15, 0.2) is 54.6 Å². The molecule has 2 amide bonds. The Hall–Kier alpha value is -2.90. The Bertz CT molecular complexity index is 882. The lowest BCUT2D eigenvalue weighted by Crippen LogP contribution is -2.40. The van der Waals surface area contributed by atoms with E-state index in [0.717, 1.165) is 68.7 Å². The number of ether oxygens (including phenoxy) is 1. The van der Waals surface area contributed by atoms with Gasteiger partial charge >= 0.3 is 6.09 Å². The number of para-hydroxylation sites is 1. The number of nitrogens with one attached hydrogen (secondary N) is 1. The van der Waals surface area contributed by atoms with Crippen molar-refractivity contribution in [1.29, 1.82) is 0 Å². The highest BCUT2D eigenvalue weighted by atomic mass is 16.6. The number of hydrogen-bond donors (Lipinski definition) is 2. The van der Waals surface area contributed by atoms with Crippen molar-refractivity contribution in [1.82, 2.24) is 9.80 Å². The molecule has 0 unspecified atom stereocenters. The molecular weight excluding hydrogens is 416 g/mol. The average Bonchev–Trinajstić information content (AvgIpc) is 2.84. The number of benzene rings is 2. The van der Waals surface area contributed by atoms with Crippen molar-refractivity contribution in [3.8, 4) is 11.1 Å². The number of carbonyl (C=O) groups excluding carboxylic acids is 2. The number of amides is 2. The molecule has 0 atom stereocenters. The summed E-state index contributed by atoms with van der Waals surface area (Å²) in [6, 6.07) is 17.7. The smallest absolute Gasteiger partial charge is 0.411 e. The van der Waals surface area contributed by atoms with Gasteiger partial charge in [-0.1, -0.05) is 48.5 Å². The van der Waals surface area contributed by atoms with Crippen molar-refractivity contribution < 1.29 is 14.3 Å². The zero-order valence-electron chi connectivity index (χ0n) is 19.5. The molecule has 1 heterocycles. The minimum Gasteiger partial charge on any atom is -0.446 e. The fraction of sp³-hybridized carbons (Fsp3) is 0.462. The summed E-state index contributed by atoms with van der Waals surface area (Å²) in [6.45, 7) is 3.81. The number of nitrogens with two attached hydrogens (primary N) is 1. The fourth-order valence-corrected chi connectivity index (χ4v) is 4.07. The van der Waals surface area contributed by atoms with Crippen molar-refractivity contribution in [2.75, 3.05) is 45.1 Å². The second kappa shape index (κ2) is 13.0. The molecular formula is C26H36N4O3. The maximum Gasteiger partial charge on any atom is 0.411 e. The second-order valence-corrected chi connectivity index (χ2v) is 8.54. The molecule has 0 spiro atoms. The monoisotopic (exact) mass is 452 g/mol. The first-order valence-corrected chi connectivity index (χ1v) is 11.9. The van der Waals surface area contributed by atoms with E-state index in [2.05, 4.69) is 10.2 Å². The molecule has 0 radical (unpaired) electrons. The van der Waals surface area contributed by atoms with Gasteiger partial charge in [0.25, 0.3) is 0 Å². The molecule has 33 heavy (non-hydrogen) atoms. The Kier molecular flexibility index (Phi) is 9.72. The maximum absolute atomic E-state index is 12.5. The highest BCUT2D eigenvalue weighted by molar-refractivity contribution is 5.91. The molecule has 1 saturated heterocycles. The quantitative estimate of drug-likeness (QED) is 0.533. The third-order valence-electron chi connectivity index (χ3n) is 6.07. The van der Waals surface area contributed by atoms with Crippen LogP contribution in [-0.4, -0.2) is 67.7 Å². The van der Waals surface area contributed by atoms with Gasteiger partial charge in [0.15, 0.2) is 0 Å². The summed E-state index contributed by atoms with van der Waals surface area (Å²) in [5, 5.41) is 2.91. The lowest BCUT2D eigenvalue weighted by molar-refractivity contribution is -0.130. The van der Waals surface area contributed by atoms with Crippen molar-refractivity contribution in [3.63, 3.8) is 0 Å². The van der Waals surface area contributed by atoms with E-state index in [4.69, 9.17) is 10.5 Å². The van der Waals surface area contributed by atoms with Gasteiger partial charge < -0.3 is 20.3 Å². The van der Waals surface area contributed by atoms with E-state index in [1.54, 1.807) is 4.90 Å². The first-order valence-electron chi connectivity index (χ1n) is 11.9. The van der Waals surface area contributed by atoms with Gasteiger partial charge in [-0.3, -0.25) is 10.1 Å². The van der Waals surface area contributed by atoms with Gasteiger partial charge in [-0.05, 0) is 43.9 Å². The van der Waals surface area contributed by atoms with Gasteiger partial charge in [-0.2, -0.15) is 0 Å². The van der Waals surface area contributed by atoms with Crippen LogP contribution in [0, 0.1) is 0 Å². The van der Waals surface area contributed by atoms with E-state index >= 15 is 0 Å². The average molecular weight is 453 g/mol. The summed E-state index contributed by atoms with van der Waals surface area (Å²) in [7, 11) is 1.85. The summed E-state index contributed by atoms with van der Waals surface area (Å²) in [6.07, 6.45) is 3.41. The van der Waals surface area contributed by atoms with Crippen LogP contribution in [0.4, 0.5) is 10.5 Å². The molecule has 0 aliphatic carbocycles. The SMILES string of the molecule is CN(CCCCN)C(=O)CCN1CCC(OC(=O)Nc2ccccc2-c2ccccc2)CC1. The lowest BCUT2D eigenvalue weighted by Gasteiger charge is -2.31. The van der Waals surface area contributed by atoms with E-state index in [0.29, 0.717) is 13.0 Å².